The maximum atomic E-state index is 4.22. The van der Waals surface area contributed by atoms with Crippen LogP contribution >= 0.6 is 12.6 Å². The standard InChI is InChI=1S/C13H27NS/c1-2-12(11-14-8-9-15)10-13-6-4-3-5-7-13/h12-15H,2-11H2,1H3/t12-/m0/s1. The lowest BCUT2D eigenvalue weighted by atomic mass is 9.82. The third-order valence-electron chi connectivity index (χ3n) is 3.69. The summed E-state index contributed by atoms with van der Waals surface area (Å²) in [6, 6.07) is 0. The van der Waals surface area contributed by atoms with E-state index in [2.05, 4.69) is 24.9 Å². The van der Waals surface area contributed by atoms with Crippen molar-refractivity contribution in [2.45, 2.75) is 51.9 Å². The Balaban J connectivity index is 2.13. The molecule has 1 fully saturated rings. The monoisotopic (exact) mass is 229 g/mol. The van der Waals surface area contributed by atoms with Crippen LogP contribution < -0.4 is 5.32 Å². The van der Waals surface area contributed by atoms with Gasteiger partial charge in [-0.2, -0.15) is 12.6 Å². The minimum atomic E-state index is 0.896. The fourth-order valence-electron chi connectivity index (χ4n) is 2.67. The summed E-state index contributed by atoms with van der Waals surface area (Å²) in [6.07, 6.45) is 10.2. The predicted octanol–water partition coefficient (Wildman–Crippen LogP) is 3.50. The van der Waals surface area contributed by atoms with E-state index in [1.807, 2.05) is 0 Å². The summed E-state index contributed by atoms with van der Waals surface area (Å²) in [5, 5.41) is 3.50. The Morgan fingerprint density at radius 2 is 2.00 bits per heavy atom. The maximum Gasteiger partial charge on any atom is 0.00398 e. The number of hydrogen-bond acceptors (Lipinski definition) is 2. The van der Waals surface area contributed by atoms with Crippen LogP contribution in [0.5, 0.6) is 0 Å². The van der Waals surface area contributed by atoms with Crippen molar-refractivity contribution in [2.24, 2.45) is 11.8 Å². The second kappa shape index (κ2) is 8.46. The smallest absolute Gasteiger partial charge is 0.00398 e. The fourth-order valence-corrected chi connectivity index (χ4v) is 2.83. The molecule has 15 heavy (non-hydrogen) atoms. The van der Waals surface area contributed by atoms with Crippen molar-refractivity contribution in [1.29, 1.82) is 0 Å². The van der Waals surface area contributed by atoms with Crippen molar-refractivity contribution in [1.82, 2.24) is 5.32 Å². The molecule has 2 heteroatoms. The third kappa shape index (κ3) is 5.82. The number of hydrogen-bond donors (Lipinski definition) is 2. The molecule has 0 unspecified atom stereocenters. The molecule has 0 bridgehead atoms. The lowest BCUT2D eigenvalue weighted by molar-refractivity contribution is 0.278. The minimum absolute atomic E-state index is 0.896. The Hall–Kier alpha value is 0.310. The summed E-state index contributed by atoms with van der Waals surface area (Å²) < 4.78 is 0. The van der Waals surface area contributed by atoms with Crippen molar-refractivity contribution >= 4 is 12.6 Å². The molecule has 1 aliphatic carbocycles. The Morgan fingerprint density at radius 3 is 2.60 bits per heavy atom. The van der Waals surface area contributed by atoms with Gasteiger partial charge in [-0.25, -0.2) is 0 Å². The van der Waals surface area contributed by atoms with Gasteiger partial charge in [-0.1, -0.05) is 45.4 Å². The van der Waals surface area contributed by atoms with Crippen molar-refractivity contribution in [2.75, 3.05) is 18.8 Å². The van der Waals surface area contributed by atoms with Gasteiger partial charge in [0.15, 0.2) is 0 Å². The minimum Gasteiger partial charge on any atom is -0.316 e. The second-order valence-corrected chi connectivity index (χ2v) is 5.39. The molecule has 1 saturated carbocycles. The quantitative estimate of drug-likeness (QED) is 0.503. The molecule has 1 N–H and O–H groups in total. The van der Waals surface area contributed by atoms with Crippen LogP contribution in [0.4, 0.5) is 0 Å². The molecule has 0 aliphatic heterocycles. The van der Waals surface area contributed by atoms with Gasteiger partial charge in [0.05, 0.1) is 0 Å². The van der Waals surface area contributed by atoms with E-state index in [9.17, 15) is 0 Å². The van der Waals surface area contributed by atoms with Gasteiger partial charge in [0, 0.05) is 12.3 Å². The molecule has 1 rings (SSSR count). The Labute approximate surface area is 101 Å². The molecule has 0 amide bonds. The van der Waals surface area contributed by atoms with Crippen LogP contribution in [0.25, 0.3) is 0 Å². The molecular weight excluding hydrogens is 202 g/mol. The first-order valence-corrected chi connectivity index (χ1v) is 7.31. The zero-order chi connectivity index (χ0) is 10.9. The van der Waals surface area contributed by atoms with Gasteiger partial charge in [-0.15, -0.1) is 0 Å². The van der Waals surface area contributed by atoms with Crippen LogP contribution in [0.15, 0.2) is 0 Å². The number of thiol groups is 1. The zero-order valence-corrected chi connectivity index (χ0v) is 11.1. The van der Waals surface area contributed by atoms with Crippen molar-refractivity contribution in [3.8, 4) is 0 Å². The number of rotatable bonds is 7. The summed E-state index contributed by atoms with van der Waals surface area (Å²) in [6.45, 7) is 4.59. The third-order valence-corrected chi connectivity index (χ3v) is 3.91. The van der Waals surface area contributed by atoms with E-state index in [-0.39, 0.29) is 0 Å². The molecule has 0 radical (unpaired) electrons. The van der Waals surface area contributed by atoms with E-state index in [4.69, 9.17) is 0 Å². The topological polar surface area (TPSA) is 12.0 Å². The van der Waals surface area contributed by atoms with Gasteiger partial charge < -0.3 is 5.32 Å². The normalized spacial score (nSPS) is 20.4. The Kier molecular flexibility index (Phi) is 7.54. The van der Waals surface area contributed by atoms with Gasteiger partial charge in [-0.3, -0.25) is 0 Å². The molecule has 0 aromatic rings. The van der Waals surface area contributed by atoms with Gasteiger partial charge in [-0.05, 0) is 24.8 Å². The molecule has 0 saturated heterocycles. The summed E-state index contributed by atoms with van der Waals surface area (Å²) in [7, 11) is 0. The van der Waals surface area contributed by atoms with Crippen LogP contribution in [0.1, 0.15) is 51.9 Å². The highest BCUT2D eigenvalue weighted by molar-refractivity contribution is 7.80. The van der Waals surface area contributed by atoms with Crippen LogP contribution in [0.3, 0.4) is 0 Å². The largest absolute Gasteiger partial charge is 0.316 e. The lowest BCUT2D eigenvalue weighted by Gasteiger charge is -2.26. The van der Waals surface area contributed by atoms with Crippen LogP contribution in [-0.4, -0.2) is 18.8 Å². The van der Waals surface area contributed by atoms with E-state index in [1.165, 1.54) is 51.5 Å². The van der Waals surface area contributed by atoms with E-state index in [0.717, 1.165) is 24.1 Å². The van der Waals surface area contributed by atoms with Crippen LogP contribution in [0, 0.1) is 11.8 Å². The van der Waals surface area contributed by atoms with Crippen molar-refractivity contribution < 1.29 is 0 Å². The fraction of sp³-hybridized carbons (Fsp3) is 1.00. The van der Waals surface area contributed by atoms with E-state index in [1.54, 1.807) is 0 Å². The second-order valence-electron chi connectivity index (χ2n) is 4.94. The maximum absolute atomic E-state index is 4.22. The highest BCUT2D eigenvalue weighted by atomic mass is 32.1. The van der Waals surface area contributed by atoms with Gasteiger partial charge in [0.25, 0.3) is 0 Å². The SMILES string of the molecule is CC[C@H](CNCCS)CC1CCCCC1. The lowest BCUT2D eigenvalue weighted by Crippen LogP contribution is -2.26. The first-order chi connectivity index (χ1) is 7.36. The van der Waals surface area contributed by atoms with E-state index < -0.39 is 0 Å². The zero-order valence-electron chi connectivity index (χ0n) is 10.2. The highest BCUT2D eigenvalue weighted by Crippen LogP contribution is 2.29. The summed E-state index contributed by atoms with van der Waals surface area (Å²) in [5.41, 5.74) is 0. The number of nitrogens with one attached hydrogen (secondary N) is 1. The summed E-state index contributed by atoms with van der Waals surface area (Å²) in [4.78, 5) is 0. The molecule has 1 nitrogen and oxygen atoms in total. The molecular formula is C13H27NS. The highest BCUT2D eigenvalue weighted by Gasteiger charge is 2.17. The summed E-state index contributed by atoms with van der Waals surface area (Å²) >= 11 is 4.22. The molecule has 0 aromatic carbocycles. The molecule has 0 spiro atoms. The predicted molar refractivity (Wildman–Crippen MR) is 71.7 cm³/mol. The van der Waals surface area contributed by atoms with Gasteiger partial charge in [0.1, 0.15) is 0 Å². The Bertz CT molecular complexity index is 143. The molecule has 90 valence electrons. The average molecular weight is 229 g/mol. The molecule has 1 atom stereocenters. The first-order valence-electron chi connectivity index (χ1n) is 6.68. The average Bonchev–Trinajstić information content (AvgIpc) is 2.29. The van der Waals surface area contributed by atoms with Crippen molar-refractivity contribution in [3.63, 3.8) is 0 Å². The van der Waals surface area contributed by atoms with Crippen molar-refractivity contribution in [3.05, 3.63) is 0 Å². The van der Waals surface area contributed by atoms with Crippen LogP contribution in [-0.2, 0) is 0 Å². The summed E-state index contributed by atoms with van der Waals surface area (Å²) in [5.74, 6) is 2.88. The van der Waals surface area contributed by atoms with Gasteiger partial charge >= 0.3 is 0 Å². The molecule has 0 heterocycles. The Morgan fingerprint density at radius 1 is 1.27 bits per heavy atom. The van der Waals surface area contributed by atoms with Gasteiger partial charge in [0.2, 0.25) is 0 Å². The van der Waals surface area contributed by atoms with E-state index >= 15 is 0 Å². The first kappa shape index (κ1) is 13.4. The van der Waals surface area contributed by atoms with Crippen LogP contribution in [0.2, 0.25) is 0 Å². The molecule has 1 aliphatic rings. The van der Waals surface area contributed by atoms with E-state index in [0.29, 0.717) is 0 Å². The molecule has 0 aromatic heterocycles.